The summed E-state index contributed by atoms with van der Waals surface area (Å²) in [4.78, 5) is 11.9. The van der Waals surface area contributed by atoms with Crippen molar-refractivity contribution in [3.05, 3.63) is 17.7 Å². The van der Waals surface area contributed by atoms with Crippen molar-refractivity contribution in [1.82, 2.24) is 5.32 Å². The topological polar surface area (TPSA) is 100 Å². The number of fused-ring (bicyclic) bond motifs is 1. The molecule has 0 aromatic heterocycles. The Morgan fingerprint density at radius 1 is 1.14 bits per heavy atom. The first-order chi connectivity index (χ1) is 13.3. The van der Waals surface area contributed by atoms with E-state index in [1.165, 1.54) is 0 Å². The molecule has 1 amide bonds. The molecule has 158 valence electrons. The summed E-state index contributed by atoms with van der Waals surface area (Å²) in [6, 6.07) is 3.63. The SMILES string of the molecule is CC(C)(C)NCC(O)COc1ccc(OCCCCCO)c2c1CCC(=O)N2. The van der Waals surface area contributed by atoms with Gasteiger partial charge in [-0.1, -0.05) is 0 Å². The number of hydrogen-bond acceptors (Lipinski definition) is 6. The summed E-state index contributed by atoms with van der Waals surface area (Å²) in [6.45, 7) is 7.46. The molecule has 1 atom stereocenters. The largest absolute Gasteiger partial charge is 0.491 e. The van der Waals surface area contributed by atoms with Crippen LogP contribution in [0.4, 0.5) is 5.69 Å². The number of unbranched alkanes of at least 4 members (excludes halogenated alkanes) is 2. The number of carbonyl (C=O) groups excluding carboxylic acids is 1. The van der Waals surface area contributed by atoms with Crippen LogP contribution in [0, 0.1) is 0 Å². The Bertz CT molecular complexity index is 642. The van der Waals surface area contributed by atoms with Crippen molar-refractivity contribution in [2.75, 3.05) is 31.7 Å². The van der Waals surface area contributed by atoms with Crippen molar-refractivity contribution in [2.45, 2.75) is 64.5 Å². The van der Waals surface area contributed by atoms with Crippen LogP contribution in [0.5, 0.6) is 11.5 Å². The minimum Gasteiger partial charge on any atom is -0.491 e. The third kappa shape index (κ3) is 7.30. The molecule has 0 radical (unpaired) electrons. The molecule has 1 aromatic rings. The van der Waals surface area contributed by atoms with Crippen molar-refractivity contribution < 1.29 is 24.5 Å². The highest BCUT2D eigenvalue weighted by molar-refractivity contribution is 5.96. The van der Waals surface area contributed by atoms with Gasteiger partial charge in [-0.05, 0) is 58.6 Å². The van der Waals surface area contributed by atoms with Crippen LogP contribution in [-0.2, 0) is 11.2 Å². The van der Waals surface area contributed by atoms with Gasteiger partial charge < -0.3 is 30.3 Å². The molecule has 1 unspecified atom stereocenters. The first-order valence-electron chi connectivity index (χ1n) is 10.1. The molecule has 2 rings (SSSR count). The molecular weight excluding hydrogens is 360 g/mol. The smallest absolute Gasteiger partial charge is 0.224 e. The van der Waals surface area contributed by atoms with Gasteiger partial charge in [0.05, 0.1) is 12.3 Å². The Labute approximate surface area is 167 Å². The third-order valence-corrected chi connectivity index (χ3v) is 4.46. The number of hydrogen-bond donors (Lipinski definition) is 4. The molecule has 28 heavy (non-hydrogen) atoms. The zero-order chi connectivity index (χ0) is 20.6. The number of carbonyl (C=O) groups is 1. The fraction of sp³-hybridized carbons (Fsp3) is 0.667. The van der Waals surface area contributed by atoms with Crippen molar-refractivity contribution in [2.24, 2.45) is 0 Å². The van der Waals surface area contributed by atoms with Gasteiger partial charge in [-0.3, -0.25) is 4.79 Å². The lowest BCUT2D eigenvalue weighted by Gasteiger charge is -2.25. The number of aliphatic hydroxyl groups is 2. The van der Waals surface area contributed by atoms with E-state index in [0.717, 1.165) is 24.8 Å². The molecule has 0 spiro atoms. The van der Waals surface area contributed by atoms with E-state index in [9.17, 15) is 9.90 Å². The number of rotatable bonds is 11. The van der Waals surface area contributed by atoms with Crippen LogP contribution >= 0.6 is 0 Å². The summed E-state index contributed by atoms with van der Waals surface area (Å²) in [5, 5.41) is 25.1. The Kier molecular flexibility index (Phi) is 8.54. The lowest BCUT2D eigenvalue weighted by Crippen LogP contribution is -2.42. The fourth-order valence-corrected chi connectivity index (χ4v) is 2.93. The van der Waals surface area contributed by atoms with Crippen molar-refractivity contribution in [3.63, 3.8) is 0 Å². The standard InChI is InChI=1S/C21H34N2O5/c1-21(2,3)22-13-15(25)14-28-17-8-9-18(27-12-6-4-5-11-24)20-16(17)7-10-19(26)23-20/h8-9,15,22,24-25H,4-7,10-14H2,1-3H3,(H,23,26). The van der Waals surface area contributed by atoms with E-state index in [2.05, 4.69) is 10.6 Å². The van der Waals surface area contributed by atoms with Gasteiger partial charge in [-0.2, -0.15) is 0 Å². The molecule has 0 aliphatic carbocycles. The lowest BCUT2D eigenvalue weighted by atomic mass is 10.0. The number of amides is 1. The summed E-state index contributed by atoms with van der Waals surface area (Å²) >= 11 is 0. The van der Waals surface area contributed by atoms with Crippen molar-refractivity contribution >= 4 is 11.6 Å². The normalized spacial score (nSPS) is 15.0. The summed E-state index contributed by atoms with van der Waals surface area (Å²) < 4.78 is 11.7. The van der Waals surface area contributed by atoms with Crippen LogP contribution in [0.3, 0.4) is 0 Å². The number of benzene rings is 1. The summed E-state index contributed by atoms with van der Waals surface area (Å²) in [5.74, 6) is 1.26. The fourth-order valence-electron chi connectivity index (χ4n) is 2.93. The number of nitrogens with one attached hydrogen (secondary N) is 2. The third-order valence-electron chi connectivity index (χ3n) is 4.46. The van der Waals surface area contributed by atoms with Gasteiger partial charge in [0, 0.05) is 30.7 Å². The molecule has 7 heteroatoms. The van der Waals surface area contributed by atoms with E-state index in [1.807, 2.05) is 26.8 Å². The molecule has 0 fully saturated rings. The maximum atomic E-state index is 11.9. The number of aliphatic hydroxyl groups excluding tert-OH is 2. The Hall–Kier alpha value is -1.83. The monoisotopic (exact) mass is 394 g/mol. The van der Waals surface area contributed by atoms with Gasteiger partial charge in [-0.15, -0.1) is 0 Å². The van der Waals surface area contributed by atoms with E-state index in [4.69, 9.17) is 14.6 Å². The molecule has 0 saturated carbocycles. The number of anilines is 1. The molecule has 1 heterocycles. The molecule has 1 aliphatic heterocycles. The first kappa shape index (κ1) is 22.5. The van der Waals surface area contributed by atoms with Crippen LogP contribution in [0.15, 0.2) is 12.1 Å². The summed E-state index contributed by atoms with van der Waals surface area (Å²) in [6.07, 6.45) is 2.85. The van der Waals surface area contributed by atoms with Gasteiger partial charge in [-0.25, -0.2) is 0 Å². The molecule has 7 nitrogen and oxygen atoms in total. The van der Waals surface area contributed by atoms with Gasteiger partial charge in [0.2, 0.25) is 5.91 Å². The number of ether oxygens (including phenoxy) is 2. The Balaban J connectivity index is 1.99. The quantitative estimate of drug-likeness (QED) is 0.430. The van der Waals surface area contributed by atoms with Crippen molar-refractivity contribution in [3.8, 4) is 11.5 Å². The van der Waals surface area contributed by atoms with E-state index >= 15 is 0 Å². The van der Waals surface area contributed by atoms with Crippen LogP contribution in [0.1, 0.15) is 52.0 Å². The predicted molar refractivity (Wildman–Crippen MR) is 109 cm³/mol. The van der Waals surface area contributed by atoms with E-state index in [1.54, 1.807) is 6.07 Å². The maximum Gasteiger partial charge on any atom is 0.224 e. The highest BCUT2D eigenvalue weighted by Crippen LogP contribution is 2.39. The molecule has 1 aliphatic rings. The highest BCUT2D eigenvalue weighted by atomic mass is 16.5. The maximum absolute atomic E-state index is 11.9. The Morgan fingerprint density at radius 3 is 2.61 bits per heavy atom. The van der Waals surface area contributed by atoms with Gasteiger partial charge >= 0.3 is 0 Å². The molecule has 4 N–H and O–H groups in total. The molecule has 1 aromatic carbocycles. The first-order valence-corrected chi connectivity index (χ1v) is 10.1. The second kappa shape index (κ2) is 10.6. The van der Waals surface area contributed by atoms with Gasteiger partial charge in [0.15, 0.2) is 0 Å². The number of β-amino-alcohol motifs (C(OH)–C–C–N with tert-alkyl or cyclic N) is 1. The zero-order valence-electron chi connectivity index (χ0n) is 17.2. The zero-order valence-corrected chi connectivity index (χ0v) is 17.2. The molecule has 0 bridgehead atoms. The van der Waals surface area contributed by atoms with E-state index in [-0.39, 0.29) is 24.7 Å². The second-order valence-electron chi connectivity index (χ2n) is 8.19. The van der Waals surface area contributed by atoms with E-state index < -0.39 is 6.10 Å². The van der Waals surface area contributed by atoms with E-state index in [0.29, 0.717) is 43.2 Å². The van der Waals surface area contributed by atoms with Gasteiger partial charge in [0.1, 0.15) is 24.2 Å². The average Bonchev–Trinajstić information content (AvgIpc) is 2.64. The Morgan fingerprint density at radius 2 is 1.89 bits per heavy atom. The summed E-state index contributed by atoms with van der Waals surface area (Å²) in [5.41, 5.74) is 1.50. The van der Waals surface area contributed by atoms with Crippen LogP contribution in [0.25, 0.3) is 0 Å². The average molecular weight is 395 g/mol. The predicted octanol–water partition coefficient (Wildman–Crippen LogP) is 2.24. The highest BCUT2D eigenvalue weighted by Gasteiger charge is 2.23. The minimum absolute atomic E-state index is 0.0378. The minimum atomic E-state index is -0.629. The van der Waals surface area contributed by atoms with Crippen LogP contribution < -0.4 is 20.1 Å². The van der Waals surface area contributed by atoms with Crippen molar-refractivity contribution in [1.29, 1.82) is 0 Å². The molecule has 0 saturated heterocycles. The lowest BCUT2D eigenvalue weighted by molar-refractivity contribution is -0.116. The molecular formula is C21H34N2O5. The van der Waals surface area contributed by atoms with Gasteiger partial charge in [0.25, 0.3) is 0 Å². The van der Waals surface area contributed by atoms with Crippen LogP contribution in [-0.4, -0.2) is 54.1 Å². The van der Waals surface area contributed by atoms with Crippen LogP contribution in [0.2, 0.25) is 0 Å². The second-order valence-corrected chi connectivity index (χ2v) is 8.19. The summed E-state index contributed by atoms with van der Waals surface area (Å²) in [7, 11) is 0.